The SMILES string of the molecule is COC(=O)C(c1csc2ccccc12)N1CCNCC1. The molecule has 2 aromatic rings. The Morgan fingerprint density at radius 2 is 2.10 bits per heavy atom. The number of methoxy groups -OCH3 is 1. The van der Waals surface area contributed by atoms with Crippen LogP contribution >= 0.6 is 11.3 Å². The fourth-order valence-electron chi connectivity index (χ4n) is 2.73. The van der Waals surface area contributed by atoms with Gasteiger partial charge < -0.3 is 10.1 Å². The highest BCUT2D eigenvalue weighted by molar-refractivity contribution is 7.17. The van der Waals surface area contributed by atoms with Gasteiger partial charge in [-0.25, -0.2) is 4.79 Å². The van der Waals surface area contributed by atoms with Gasteiger partial charge in [0.2, 0.25) is 0 Å². The molecule has 0 saturated carbocycles. The summed E-state index contributed by atoms with van der Waals surface area (Å²) >= 11 is 1.68. The van der Waals surface area contributed by atoms with Crippen LogP contribution in [0.15, 0.2) is 29.6 Å². The minimum absolute atomic E-state index is 0.171. The molecule has 1 N–H and O–H groups in total. The third kappa shape index (κ3) is 2.44. The standard InChI is InChI=1S/C15H18N2O2S/c1-19-15(18)14(17-8-6-16-7-9-17)12-10-20-13-5-3-2-4-11(12)13/h2-5,10,14,16H,6-9H2,1H3. The Balaban J connectivity index is 2.02. The van der Waals surface area contributed by atoms with E-state index in [1.165, 1.54) is 11.8 Å². The van der Waals surface area contributed by atoms with Crippen molar-refractivity contribution < 1.29 is 9.53 Å². The third-order valence-electron chi connectivity index (χ3n) is 3.75. The summed E-state index contributed by atoms with van der Waals surface area (Å²) in [6, 6.07) is 7.93. The summed E-state index contributed by atoms with van der Waals surface area (Å²) in [4.78, 5) is 14.5. The molecule has 2 heterocycles. The monoisotopic (exact) mass is 290 g/mol. The van der Waals surface area contributed by atoms with Gasteiger partial charge in [-0.1, -0.05) is 18.2 Å². The van der Waals surface area contributed by atoms with Crippen LogP contribution in [-0.4, -0.2) is 44.2 Å². The van der Waals surface area contributed by atoms with Gasteiger partial charge in [-0.3, -0.25) is 4.90 Å². The van der Waals surface area contributed by atoms with Crippen LogP contribution in [0.1, 0.15) is 11.6 Å². The number of thiophene rings is 1. The normalized spacial score (nSPS) is 18.1. The van der Waals surface area contributed by atoms with Gasteiger partial charge in [0, 0.05) is 30.9 Å². The van der Waals surface area contributed by atoms with Gasteiger partial charge in [-0.15, -0.1) is 11.3 Å². The molecule has 1 saturated heterocycles. The summed E-state index contributed by atoms with van der Waals surface area (Å²) in [6.07, 6.45) is 0. The second-order valence-electron chi connectivity index (χ2n) is 4.90. The van der Waals surface area contributed by atoms with Crippen LogP contribution in [0.25, 0.3) is 10.1 Å². The number of carbonyl (C=O) groups excluding carboxylic acids is 1. The Labute approximate surface area is 122 Å². The highest BCUT2D eigenvalue weighted by Gasteiger charge is 2.31. The molecule has 1 aromatic heterocycles. The van der Waals surface area contributed by atoms with Crippen LogP contribution in [-0.2, 0) is 9.53 Å². The van der Waals surface area contributed by atoms with Crippen molar-refractivity contribution in [2.45, 2.75) is 6.04 Å². The predicted octanol–water partition coefficient (Wildman–Crippen LogP) is 2.02. The van der Waals surface area contributed by atoms with E-state index in [1.54, 1.807) is 11.3 Å². The molecule has 0 spiro atoms. The first-order valence-corrected chi connectivity index (χ1v) is 7.68. The number of hydrogen-bond acceptors (Lipinski definition) is 5. The number of nitrogens with one attached hydrogen (secondary N) is 1. The number of benzene rings is 1. The quantitative estimate of drug-likeness (QED) is 0.878. The van der Waals surface area contributed by atoms with Gasteiger partial charge in [-0.05, 0) is 22.4 Å². The highest BCUT2D eigenvalue weighted by Crippen LogP contribution is 2.33. The van der Waals surface area contributed by atoms with Crippen molar-refractivity contribution in [3.05, 3.63) is 35.2 Å². The van der Waals surface area contributed by atoms with Crippen molar-refractivity contribution in [3.63, 3.8) is 0 Å². The summed E-state index contributed by atoms with van der Waals surface area (Å²) < 4.78 is 6.26. The van der Waals surface area contributed by atoms with Crippen LogP contribution in [0, 0.1) is 0 Å². The van der Waals surface area contributed by atoms with E-state index < -0.39 is 0 Å². The molecule has 1 aromatic carbocycles. The molecule has 106 valence electrons. The van der Waals surface area contributed by atoms with Crippen LogP contribution in [0.5, 0.6) is 0 Å². The van der Waals surface area contributed by atoms with Crippen LogP contribution in [0.2, 0.25) is 0 Å². The summed E-state index contributed by atoms with van der Waals surface area (Å²) in [7, 11) is 1.46. The second kappa shape index (κ2) is 5.91. The number of piperazine rings is 1. The molecule has 1 aliphatic heterocycles. The Kier molecular flexibility index (Phi) is 4.00. The fourth-order valence-corrected chi connectivity index (χ4v) is 3.71. The zero-order valence-electron chi connectivity index (χ0n) is 11.5. The molecule has 1 unspecified atom stereocenters. The molecule has 0 radical (unpaired) electrons. The number of carbonyl (C=O) groups is 1. The highest BCUT2D eigenvalue weighted by atomic mass is 32.1. The lowest BCUT2D eigenvalue weighted by Gasteiger charge is -2.33. The lowest BCUT2D eigenvalue weighted by atomic mass is 10.0. The summed E-state index contributed by atoms with van der Waals surface area (Å²) in [5.74, 6) is -0.171. The Morgan fingerprint density at radius 3 is 2.85 bits per heavy atom. The zero-order chi connectivity index (χ0) is 13.9. The molecule has 0 amide bonds. The summed E-state index contributed by atoms with van der Waals surface area (Å²) in [5.41, 5.74) is 1.07. The van der Waals surface area contributed by atoms with Crippen molar-refractivity contribution in [1.82, 2.24) is 10.2 Å². The van der Waals surface area contributed by atoms with Gasteiger partial charge in [0.25, 0.3) is 0 Å². The van der Waals surface area contributed by atoms with Gasteiger partial charge in [0.05, 0.1) is 7.11 Å². The van der Waals surface area contributed by atoms with E-state index in [1.807, 2.05) is 12.1 Å². The van der Waals surface area contributed by atoms with Crippen molar-refractivity contribution in [2.75, 3.05) is 33.3 Å². The van der Waals surface area contributed by atoms with Crippen LogP contribution in [0.4, 0.5) is 0 Å². The predicted molar refractivity (Wildman–Crippen MR) is 81.0 cm³/mol. The number of esters is 1. The topological polar surface area (TPSA) is 41.6 Å². The molecule has 1 fully saturated rings. The van der Waals surface area contributed by atoms with Gasteiger partial charge in [-0.2, -0.15) is 0 Å². The molecule has 4 nitrogen and oxygen atoms in total. The minimum atomic E-state index is -0.293. The molecular weight excluding hydrogens is 272 g/mol. The molecule has 3 rings (SSSR count). The lowest BCUT2D eigenvalue weighted by Crippen LogP contribution is -2.47. The maximum atomic E-state index is 12.3. The average Bonchev–Trinajstić information content (AvgIpc) is 2.92. The number of fused-ring (bicyclic) bond motifs is 1. The molecule has 1 aliphatic rings. The molecule has 0 bridgehead atoms. The van der Waals surface area contributed by atoms with E-state index in [9.17, 15) is 4.79 Å². The largest absolute Gasteiger partial charge is 0.468 e. The smallest absolute Gasteiger partial charge is 0.327 e. The Bertz CT molecular complexity index is 605. The number of hydrogen-bond donors (Lipinski definition) is 1. The van der Waals surface area contributed by atoms with Crippen molar-refractivity contribution in [3.8, 4) is 0 Å². The van der Waals surface area contributed by atoms with Crippen molar-refractivity contribution in [2.24, 2.45) is 0 Å². The zero-order valence-corrected chi connectivity index (χ0v) is 12.3. The molecule has 20 heavy (non-hydrogen) atoms. The van der Waals surface area contributed by atoms with E-state index in [2.05, 4.69) is 27.7 Å². The third-order valence-corrected chi connectivity index (χ3v) is 4.73. The maximum absolute atomic E-state index is 12.3. The van der Waals surface area contributed by atoms with E-state index >= 15 is 0 Å². The van der Waals surface area contributed by atoms with E-state index in [-0.39, 0.29) is 12.0 Å². The molecule has 5 heteroatoms. The first-order valence-electron chi connectivity index (χ1n) is 6.80. The maximum Gasteiger partial charge on any atom is 0.327 e. The van der Waals surface area contributed by atoms with Crippen LogP contribution < -0.4 is 5.32 Å². The van der Waals surface area contributed by atoms with E-state index in [0.717, 1.165) is 37.1 Å². The fraction of sp³-hybridized carbons (Fsp3) is 0.400. The first kappa shape index (κ1) is 13.5. The Morgan fingerprint density at radius 1 is 1.35 bits per heavy atom. The minimum Gasteiger partial charge on any atom is -0.468 e. The average molecular weight is 290 g/mol. The summed E-state index contributed by atoms with van der Waals surface area (Å²) in [6.45, 7) is 3.55. The molecular formula is C15H18N2O2S. The molecule has 0 aliphatic carbocycles. The van der Waals surface area contributed by atoms with Crippen LogP contribution in [0.3, 0.4) is 0 Å². The first-order chi connectivity index (χ1) is 9.81. The number of ether oxygens (including phenoxy) is 1. The molecule has 1 atom stereocenters. The Hall–Kier alpha value is -1.43. The van der Waals surface area contributed by atoms with Crippen molar-refractivity contribution >= 4 is 27.4 Å². The second-order valence-corrected chi connectivity index (χ2v) is 5.81. The van der Waals surface area contributed by atoms with Gasteiger partial charge >= 0.3 is 5.97 Å². The summed E-state index contributed by atoms with van der Waals surface area (Å²) in [5, 5.41) is 6.57. The van der Waals surface area contributed by atoms with E-state index in [4.69, 9.17) is 4.74 Å². The van der Waals surface area contributed by atoms with Gasteiger partial charge in [0.15, 0.2) is 0 Å². The number of nitrogens with zero attached hydrogens (tertiary/aromatic N) is 1. The van der Waals surface area contributed by atoms with E-state index in [0.29, 0.717) is 0 Å². The van der Waals surface area contributed by atoms with Gasteiger partial charge in [0.1, 0.15) is 6.04 Å². The lowest BCUT2D eigenvalue weighted by molar-refractivity contribution is -0.147. The number of rotatable bonds is 3. The van der Waals surface area contributed by atoms with Crippen molar-refractivity contribution in [1.29, 1.82) is 0 Å².